The maximum atomic E-state index is 12.0. The zero-order chi connectivity index (χ0) is 14.9. The van der Waals surface area contributed by atoms with Crippen molar-refractivity contribution < 1.29 is 9.90 Å². The van der Waals surface area contributed by atoms with Crippen LogP contribution in [0.15, 0.2) is 12.2 Å². The summed E-state index contributed by atoms with van der Waals surface area (Å²) in [6, 6.07) is 0. The van der Waals surface area contributed by atoms with Gasteiger partial charge < -0.3 is 5.11 Å². The van der Waals surface area contributed by atoms with Gasteiger partial charge in [-0.1, -0.05) is 26.0 Å². The summed E-state index contributed by atoms with van der Waals surface area (Å²) in [7, 11) is 0. The van der Waals surface area contributed by atoms with Gasteiger partial charge in [-0.05, 0) is 57.3 Å². The molecule has 2 fully saturated rings. The number of rotatable bonds is 4. The predicted molar refractivity (Wildman–Crippen MR) is 82.3 cm³/mol. The molecule has 0 spiro atoms. The lowest BCUT2D eigenvalue weighted by molar-refractivity contribution is -0.126. The van der Waals surface area contributed by atoms with Crippen LogP contribution in [-0.2, 0) is 4.79 Å². The molecule has 2 aliphatic rings. The van der Waals surface area contributed by atoms with Crippen molar-refractivity contribution in [1.29, 1.82) is 0 Å². The minimum atomic E-state index is -0.658. The fourth-order valence-electron chi connectivity index (χ4n) is 3.98. The molecule has 0 saturated heterocycles. The van der Waals surface area contributed by atoms with Crippen LogP contribution in [0.5, 0.6) is 0 Å². The van der Waals surface area contributed by atoms with Gasteiger partial charge in [0.25, 0.3) is 0 Å². The van der Waals surface area contributed by atoms with Gasteiger partial charge >= 0.3 is 0 Å². The number of hydrogen-bond acceptors (Lipinski definition) is 2. The molecule has 114 valence electrons. The monoisotopic (exact) mass is 278 g/mol. The number of aliphatic hydroxyl groups is 1. The summed E-state index contributed by atoms with van der Waals surface area (Å²) in [6.07, 6.45) is 9.87. The predicted octanol–water partition coefficient (Wildman–Crippen LogP) is 3.98. The molecule has 20 heavy (non-hydrogen) atoms. The van der Waals surface area contributed by atoms with Crippen LogP contribution in [0.25, 0.3) is 0 Å². The highest BCUT2D eigenvalue weighted by Crippen LogP contribution is 2.47. The van der Waals surface area contributed by atoms with E-state index in [0.717, 1.165) is 19.3 Å². The molecular formula is C18H30O2. The molecule has 0 aromatic carbocycles. The van der Waals surface area contributed by atoms with E-state index in [1.165, 1.54) is 12.8 Å². The highest BCUT2D eigenvalue weighted by Gasteiger charge is 2.43. The molecule has 0 aliphatic heterocycles. The number of allylic oxidation sites excluding steroid dienone is 1. The lowest BCUT2D eigenvalue weighted by Gasteiger charge is -2.31. The molecule has 0 radical (unpaired) electrons. The summed E-state index contributed by atoms with van der Waals surface area (Å²) in [6.45, 7) is 8.06. The van der Waals surface area contributed by atoms with Crippen LogP contribution in [0, 0.1) is 29.6 Å². The average molecular weight is 278 g/mol. The van der Waals surface area contributed by atoms with E-state index in [9.17, 15) is 9.90 Å². The first-order valence-corrected chi connectivity index (χ1v) is 8.24. The fraction of sp³-hybridized carbons (Fsp3) is 0.833. The third-order valence-corrected chi connectivity index (χ3v) is 5.74. The molecule has 2 saturated carbocycles. The molecule has 0 aromatic rings. The molecular weight excluding hydrogens is 248 g/mol. The Bertz CT molecular complexity index is 377. The van der Waals surface area contributed by atoms with Crippen molar-refractivity contribution in [3.8, 4) is 0 Å². The Balaban J connectivity index is 1.98. The third-order valence-electron chi connectivity index (χ3n) is 5.74. The molecule has 2 heteroatoms. The van der Waals surface area contributed by atoms with Crippen molar-refractivity contribution >= 4 is 5.78 Å². The van der Waals surface area contributed by atoms with Crippen LogP contribution in [0.3, 0.4) is 0 Å². The standard InChI is InChI=1S/C18H30O2/c1-12(8-9-13(2)18(3,4)20)14-10-11-16-15(14)6-5-7-17(16)19/h8-9,12-16,20H,5-7,10-11H2,1-4H3/t12-,13+,14?,15+,16+/m0/s1. The minimum Gasteiger partial charge on any atom is -0.390 e. The summed E-state index contributed by atoms with van der Waals surface area (Å²) in [5.74, 6) is 2.83. The maximum Gasteiger partial charge on any atom is 0.136 e. The Morgan fingerprint density at radius 2 is 1.90 bits per heavy atom. The van der Waals surface area contributed by atoms with Crippen molar-refractivity contribution in [3.05, 3.63) is 12.2 Å². The number of ketones is 1. The van der Waals surface area contributed by atoms with Crippen LogP contribution in [0.2, 0.25) is 0 Å². The molecule has 0 heterocycles. The zero-order valence-electron chi connectivity index (χ0n) is 13.4. The van der Waals surface area contributed by atoms with Crippen LogP contribution in [-0.4, -0.2) is 16.5 Å². The Labute approximate surface area is 123 Å². The van der Waals surface area contributed by atoms with E-state index in [0.29, 0.717) is 29.5 Å². The molecule has 1 N–H and O–H groups in total. The van der Waals surface area contributed by atoms with Crippen molar-refractivity contribution in [3.63, 3.8) is 0 Å². The second kappa shape index (κ2) is 6.01. The second-order valence-corrected chi connectivity index (χ2v) is 7.56. The summed E-state index contributed by atoms with van der Waals surface area (Å²) in [4.78, 5) is 12.0. The van der Waals surface area contributed by atoms with Crippen LogP contribution >= 0.6 is 0 Å². The molecule has 2 rings (SSSR count). The number of carbonyl (C=O) groups excluding carboxylic acids is 1. The minimum absolute atomic E-state index is 0.162. The molecule has 2 nitrogen and oxygen atoms in total. The van der Waals surface area contributed by atoms with Crippen molar-refractivity contribution in [2.45, 2.75) is 65.4 Å². The van der Waals surface area contributed by atoms with Gasteiger partial charge in [-0.15, -0.1) is 0 Å². The Kier molecular flexibility index (Phi) is 4.73. The normalized spacial score (nSPS) is 34.2. The van der Waals surface area contributed by atoms with Gasteiger partial charge in [-0.3, -0.25) is 4.79 Å². The molecule has 5 atom stereocenters. The van der Waals surface area contributed by atoms with Crippen molar-refractivity contribution in [2.24, 2.45) is 29.6 Å². The zero-order valence-corrected chi connectivity index (χ0v) is 13.4. The second-order valence-electron chi connectivity index (χ2n) is 7.56. The van der Waals surface area contributed by atoms with Gasteiger partial charge in [0.2, 0.25) is 0 Å². The van der Waals surface area contributed by atoms with Crippen LogP contribution < -0.4 is 0 Å². The smallest absolute Gasteiger partial charge is 0.136 e. The number of Topliss-reactive ketones (excluding diaryl/α,β-unsaturated/α-hetero) is 1. The van der Waals surface area contributed by atoms with Crippen molar-refractivity contribution in [2.75, 3.05) is 0 Å². The number of fused-ring (bicyclic) bond motifs is 1. The quantitative estimate of drug-likeness (QED) is 0.790. The summed E-state index contributed by atoms with van der Waals surface area (Å²) in [5.41, 5.74) is -0.658. The molecule has 0 bridgehead atoms. The summed E-state index contributed by atoms with van der Waals surface area (Å²) in [5, 5.41) is 9.99. The molecule has 0 aromatic heterocycles. The Hall–Kier alpha value is -0.630. The van der Waals surface area contributed by atoms with Gasteiger partial charge in [0, 0.05) is 18.3 Å². The van der Waals surface area contributed by atoms with E-state index in [-0.39, 0.29) is 5.92 Å². The van der Waals surface area contributed by atoms with E-state index in [2.05, 4.69) is 26.0 Å². The first kappa shape index (κ1) is 15.8. The molecule has 0 amide bonds. The van der Waals surface area contributed by atoms with E-state index < -0.39 is 5.60 Å². The van der Waals surface area contributed by atoms with E-state index in [4.69, 9.17) is 0 Å². The first-order valence-electron chi connectivity index (χ1n) is 8.24. The Morgan fingerprint density at radius 1 is 1.20 bits per heavy atom. The van der Waals surface area contributed by atoms with Crippen LogP contribution in [0.4, 0.5) is 0 Å². The largest absolute Gasteiger partial charge is 0.390 e. The van der Waals surface area contributed by atoms with E-state index >= 15 is 0 Å². The number of hydrogen-bond donors (Lipinski definition) is 1. The van der Waals surface area contributed by atoms with Crippen molar-refractivity contribution in [1.82, 2.24) is 0 Å². The summed E-state index contributed by atoms with van der Waals surface area (Å²) >= 11 is 0. The number of carbonyl (C=O) groups is 1. The van der Waals surface area contributed by atoms with Gasteiger partial charge in [0.15, 0.2) is 0 Å². The van der Waals surface area contributed by atoms with Gasteiger partial charge in [0.05, 0.1) is 5.60 Å². The lowest BCUT2D eigenvalue weighted by atomic mass is 9.73. The van der Waals surface area contributed by atoms with Gasteiger partial charge in [0.1, 0.15) is 5.78 Å². The fourth-order valence-corrected chi connectivity index (χ4v) is 3.98. The highest BCUT2D eigenvalue weighted by atomic mass is 16.3. The van der Waals surface area contributed by atoms with E-state index in [1.807, 2.05) is 13.8 Å². The third kappa shape index (κ3) is 3.33. The Morgan fingerprint density at radius 3 is 2.55 bits per heavy atom. The molecule has 2 aliphatic carbocycles. The highest BCUT2D eigenvalue weighted by molar-refractivity contribution is 5.82. The topological polar surface area (TPSA) is 37.3 Å². The van der Waals surface area contributed by atoms with Crippen LogP contribution in [0.1, 0.15) is 59.8 Å². The average Bonchev–Trinajstić information content (AvgIpc) is 2.79. The van der Waals surface area contributed by atoms with Gasteiger partial charge in [-0.2, -0.15) is 0 Å². The first-order chi connectivity index (χ1) is 9.30. The lowest BCUT2D eigenvalue weighted by Crippen LogP contribution is -2.29. The maximum absolute atomic E-state index is 12.0. The molecule has 1 unspecified atom stereocenters. The SMILES string of the molecule is C[C@H](C=C[C@H](C)C1CC[C@H]2C(=O)CCC[C@H]12)C(C)(C)O. The van der Waals surface area contributed by atoms with Gasteiger partial charge in [-0.25, -0.2) is 0 Å². The summed E-state index contributed by atoms with van der Waals surface area (Å²) < 4.78 is 0. The van der Waals surface area contributed by atoms with E-state index in [1.54, 1.807) is 0 Å².